The van der Waals surface area contributed by atoms with Gasteiger partial charge in [0.15, 0.2) is 0 Å². The molecule has 1 aromatic rings. The van der Waals surface area contributed by atoms with Crippen LogP contribution in [0.5, 0.6) is 0 Å². The molecule has 0 atom stereocenters. The highest BCUT2D eigenvalue weighted by Crippen LogP contribution is 2.45. The summed E-state index contributed by atoms with van der Waals surface area (Å²) >= 11 is 0. The zero-order valence-corrected chi connectivity index (χ0v) is 13.1. The van der Waals surface area contributed by atoms with Crippen LogP contribution in [0.2, 0.25) is 0 Å². The molecule has 0 radical (unpaired) electrons. The second-order valence-electron chi connectivity index (χ2n) is 6.37. The molecule has 0 bridgehead atoms. The maximum Gasteiger partial charge on any atom is 0.208 e. The molecule has 4 nitrogen and oxygen atoms in total. The molecule has 0 aliphatic heterocycles. The van der Waals surface area contributed by atoms with E-state index < -0.39 is 0 Å². The summed E-state index contributed by atoms with van der Waals surface area (Å²) in [7, 11) is 1.71. The van der Waals surface area contributed by atoms with Crippen molar-refractivity contribution in [2.24, 2.45) is 5.92 Å². The third kappa shape index (κ3) is 3.83. The molecule has 1 aliphatic rings. The Balaban J connectivity index is 1.98. The predicted octanol–water partition coefficient (Wildman–Crippen LogP) is 3.27. The van der Waals surface area contributed by atoms with Gasteiger partial charge in [-0.25, -0.2) is 4.98 Å². The lowest BCUT2D eigenvalue weighted by molar-refractivity contribution is 0.197. The number of ether oxygens (including phenoxy) is 1. The number of rotatable bonds is 8. The minimum absolute atomic E-state index is 0.242. The minimum Gasteiger partial charge on any atom is -0.444 e. The summed E-state index contributed by atoms with van der Waals surface area (Å²) in [4.78, 5) is 4.44. The molecule has 0 saturated heterocycles. The zero-order chi connectivity index (χ0) is 14.4. The van der Waals surface area contributed by atoms with Crippen molar-refractivity contribution in [1.29, 1.82) is 0 Å². The summed E-state index contributed by atoms with van der Waals surface area (Å²) < 4.78 is 11.1. The van der Waals surface area contributed by atoms with Gasteiger partial charge < -0.3 is 14.5 Å². The van der Waals surface area contributed by atoms with Crippen LogP contribution in [-0.4, -0.2) is 25.2 Å². The van der Waals surface area contributed by atoms with Gasteiger partial charge in [0.2, 0.25) is 5.89 Å². The standard InChI is InChI=1S/C16H28N2O2/c1-13(2)10-16(6-4-5-7-16)14-11-18-15(20-14)12-17-8-9-19-3/h11,13,17H,4-10,12H2,1-3H3. The smallest absolute Gasteiger partial charge is 0.208 e. The lowest BCUT2D eigenvalue weighted by Gasteiger charge is -2.28. The van der Waals surface area contributed by atoms with Crippen LogP contribution < -0.4 is 5.32 Å². The van der Waals surface area contributed by atoms with Crippen LogP contribution in [0.1, 0.15) is 57.6 Å². The lowest BCUT2D eigenvalue weighted by Crippen LogP contribution is -2.23. The van der Waals surface area contributed by atoms with E-state index >= 15 is 0 Å². The van der Waals surface area contributed by atoms with Crippen LogP contribution in [-0.2, 0) is 16.7 Å². The van der Waals surface area contributed by atoms with Gasteiger partial charge in [0.05, 0.1) is 19.3 Å². The maximum absolute atomic E-state index is 6.04. The van der Waals surface area contributed by atoms with Gasteiger partial charge in [0.1, 0.15) is 5.76 Å². The molecule has 1 N–H and O–H groups in total. The van der Waals surface area contributed by atoms with E-state index in [1.807, 2.05) is 6.20 Å². The number of hydrogen-bond acceptors (Lipinski definition) is 4. The highest BCUT2D eigenvalue weighted by Gasteiger charge is 2.39. The van der Waals surface area contributed by atoms with Crippen LogP contribution in [0.3, 0.4) is 0 Å². The summed E-state index contributed by atoms with van der Waals surface area (Å²) in [5, 5.41) is 3.28. The highest BCUT2D eigenvalue weighted by molar-refractivity contribution is 5.14. The van der Waals surface area contributed by atoms with Crippen molar-refractivity contribution in [3.63, 3.8) is 0 Å². The molecule has 1 aromatic heterocycles. The maximum atomic E-state index is 6.04. The molecule has 1 fully saturated rings. The Hall–Kier alpha value is -0.870. The molecular formula is C16H28N2O2. The highest BCUT2D eigenvalue weighted by atomic mass is 16.5. The Morgan fingerprint density at radius 1 is 1.40 bits per heavy atom. The third-order valence-corrected chi connectivity index (χ3v) is 4.20. The molecule has 0 amide bonds. The number of nitrogens with zero attached hydrogens (tertiary/aromatic N) is 1. The molecule has 0 aromatic carbocycles. The van der Waals surface area contributed by atoms with Crippen LogP contribution in [0.4, 0.5) is 0 Å². The molecule has 20 heavy (non-hydrogen) atoms. The van der Waals surface area contributed by atoms with Crippen molar-refractivity contribution in [1.82, 2.24) is 10.3 Å². The van der Waals surface area contributed by atoms with Gasteiger partial charge in [-0.15, -0.1) is 0 Å². The van der Waals surface area contributed by atoms with E-state index in [9.17, 15) is 0 Å². The fourth-order valence-corrected chi connectivity index (χ4v) is 3.39. The average molecular weight is 280 g/mol. The first kappa shape index (κ1) is 15.5. The van der Waals surface area contributed by atoms with Gasteiger partial charge in [0.25, 0.3) is 0 Å². The Morgan fingerprint density at radius 3 is 2.80 bits per heavy atom. The van der Waals surface area contributed by atoms with E-state index in [0.29, 0.717) is 19.1 Å². The molecule has 1 saturated carbocycles. The normalized spacial score (nSPS) is 18.0. The van der Waals surface area contributed by atoms with Crippen LogP contribution in [0.15, 0.2) is 10.6 Å². The van der Waals surface area contributed by atoms with Crippen molar-refractivity contribution < 1.29 is 9.15 Å². The van der Waals surface area contributed by atoms with E-state index in [1.54, 1.807) is 7.11 Å². The molecule has 1 aliphatic carbocycles. The Labute approximate surface area is 122 Å². The van der Waals surface area contributed by atoms with Gasteiger partial charge in [-0.3, -0.25) is 0 Å². The summed E-state index contributed by atoms with van der Waals surface area (Å²) in [6.07, 6.45) is 8.29. The summed E-state index contributed by atoms with van der Waals surface area (Å²) in [6, 6.07) is 0. The van der Waals surface area contributed by atoms with E-state index in [1.165, 1.54) is 32.1 Å². The quantitative estimate of drug-likeness (QED) is 0.742. The first-order chi connectivity index (χ1) is 9.66. The van der Waals surface area contributed by atoms with Gasteiger partial charge in [-0.2, -0.15) is 0 Å². The van der Waals surface area contributed by atoms with Crippen LogP contribution in [0.25, 0.3) is 0 Å². The van der Waals surface area contributed by atoms with Crippen molar-refractivity contribution in [2.75, 3.05) is 20.3 Å². The van der Waals surface area contributed by atoms with Gasteiger partial charge in [0, 0.05) is 19.1 Å². The van der Waals surface area contributed by atoms with Crippen LogP contribution in [0, 0.1) is 5.92 Å². The molecule has 114 valence electrons. The Morgan fingerprint density at radius 2 is 2.15 bits per heavy atom. The second kappa shape index (κ2) is 7.23. The van der Waals surface area contributed by atoms with E-state index in [0.717, 1.165) is 18.2 Å². The van der Waals surface area contributed by atoms with Crippen molar-refractivity contribution in [3.05, 3.63) is 17.8 Å². The average Bonchev–Trinajstić information content (AvgIpc) is 3.04. The van der Waals surface area contributed by atoms with Crippen LogP contribution >= 0.6 is 0 Å². The number of oxazole rings is 1. The first-order valence-electron chi connectivity index (χ1n) is 7.81. The number of methoxy groups -OCH3 is 1. The monoisotopic (exact) mass is 280 g/mol. The van der Waals surface area contributed by atoms with Gasteiger partial charge >= 0.3 is 0 Å². The van der Waals surface area contributed by atoms with Crippen molar-refractivity contribution in [3.8, 4) is 0 Å². The minimum atomic E-state index is 0.242. The molecule has 2 rings (SSSR count). The Kier molecular flexibility index (Phi) is 5.61. The predicted molar refractivity (Wildman–Crippen MR) is 79.7 cm³/mol. The first-order valence-corrected chi connectivity index (χ1v) is 7.81. The summed E-state index contributed by atoms with van der Waals surface area (Å²) in [5.74, 6) is 2.60. The third-order valence-electron chi connectivity index (χ3n) is 4.20. The fraction of sp³-hybridized carbons (Fsp3) is 0.812. The Bertz CT molecular complexity index is 395. The van der Waals surface area contributed by atoms with E-state index in [2.05, 4.69) is 24.1 Å². The zero-order valence-electron chi connectivity index (χ0n) is 13.1. The van der Waals surface area contributed by atoms with Gasteiger partial charge in [-0.1, -0.05) is 26.7 Å². The second-order valence-corrected chi connectivity index (χ2v) is 6.37. The van der Waals surface area contributed by atoms with Gasteiger partial charge in [-0.05, 0) is 25.2 Å². The van der Waals surface area contributed by atoms with Crippen molar-refractivity contribution in [2.45, 2.75) is 57.9 Å². The molecule has 0 unspecified atom stereocenters. The number of aromatic nitrogens is 1. The van der Waals surface area contributed by atoms with E-state index in [-0.39, 0.29) is 5.41 Å². The topological polar surface area (TPSA) is 47.3 Å². The SMILES string of the molecule is COCCNCc1ncc(C2(CC(C)C)CCCC2)o1. The number of nitrogens with one attached hydrogen (secondary N) is 1. The molecule has 1 heterocycles. The molecule has 0 spiro atoms. The largest absolute Gasteiger partial charge is 0.444 e. The van der Waals surface area contributed by atoms with E-state index in [4.69, 9.17) is 9.15 Å². The molecule has 4 heteroatoms. The summed E-state index contributed by atoms with van der Waals surface area (Å²) in [5.41, 5.74) is 0.242. The summed E-state index contributed by atoms with van der Waals surface area (Å²) in [6.45, 7) is 6.81. The van der Waals surface area contributed by atoms with Crippen molar-refractivity contribution >= 4 is 0 Å². The fourth-order valence-electron chi connectivity index (χ4n) is 3.39. The molecular weight excluding hydrogens is 252 g/mol. The lowest BCUT2D eigenvalue weighted by atomic mass is 9.77. The number of hydrogen-bond donors (Lipinski definition) is 1.